The molecule has 0 saturated carbocycles. The maximum atomic E-state index is 10.8. The molecule has 0 aliphatic rings. The summed E-state index contributed by atoms with van der Waals surface area (Å²) >= 11 is 0. The standard InChI is InChI=1S/C10H22O4S.Na/c1-2-3-4-5-6-7-10(8-9-11)15(12,13)14;/h10-11H,2-9H2,1H3,(H,12,13,14);/q;+1/p-1. The molecule has 92 valence electrons. The van der Waals surface area contributed by atoms with Crippen LogP contribution in [0, 0.1) is 0 Å². The smallest absolute Gasteiger partial charge is 0.748 e. The third kappa shape index (κ3) is 10.1. The Labute approximate surface area is 121 Å². The van der Waals surface area contributed by atoms with Gasteiger partial charge in [0.15, 0.2) is 0 Å². The van der Waals surface area contributed by atoms with E-state index in [0.29, 0.717) is 6.42 Å². The van der Waals surface area contributed by atoms with Gasteiger partial charge in [-0.15, -0.1) is 0 Å². The van der Waals surface area contributed by atoms with Gasteiger partial charge in [-0.1, -0.05) is 39.0 Å². The Bertz CT molecular complexity index is 241. The second kappa shape index (κ2) is 11.0. The molecule has 6 heteroatoms. The summed E-state index contributed by atoms with van der Waals surface area (Å²) < 4.78 is 32.3. The predicted molar refractivity (Wildman–Crippen MR) is 58.6 cm³/mol. The molecule has 0 saturated heterocycles. The number of hydrogen-bond donors (Lipinski definition) is 1. The zero-order chi connectivity index (χ0) is 11.7. The van der Waals surface area contributed by atoms with E-state index in [0.717, 1.165) is 32.1 Å². The van der Waals surface area contributed by atoms with Crippen LogP contribution in [-0.2, 0) is 10.1 Å². The van der Waals surface area contributed by atoms with E-state index in [1.165, 1.54) is 0 Å². The average Bonchev–Trinajstić information content (AvgIpc) is 2.14. The molecule has 0 spiro atoms. The molecular weight excluding hydrogens is 239 g/mol. The van der Waals surface area contributed by atoms with Crippen LogP contribution in [0.2, 0.25) is 0 Å². The van der Waals surface area contributed by atoms with Crippen LogP contribution in [0.1, 0.15) is 51.9 Å². The molecule has 1 N–H and O–H groups in total. The van der Waals surface area contributed by atoms with E-state index in [2.05, 4.69) is 6.92 Å². The summed E-state index contributed by atoms with van der Waals surface area (Å²) in [6.07, 6.45) is 5.54. The first-order chi connectivity index (χ1) is 7.02. The van der Waals surface area contributed by atoms with E-state index in [-0.39, 0.29) is 42.6 Å². The van der Waals surface area contributed by atoms with Crippen LogP contribution in [0.5, 0.6) is 0 Å². The predicted octanol–water partition coefficient (Wildman–Crippen LogP) is -1.35. The zero-order valence-corrected chi connectivity index (χ0v) is 13.1. The average molecular weight is 260 g/mol. The first-order valence-electron chi connectivity index (χ1n) is 5.58. The maximum Gasteiger partial charge on any atom is 1.00 e. The second-order valence-electron chi connectivity index (χ2n) is 3.83. The number of unbranched alkanes of at least 4 members (excludes halogenated alkanes) is 4. The van der Waals surface area contributed by atoms with Crippen LogP contribution in [0.3, 0.4) is 0 Å². The van der Waals surface area contributed by atoms with Gasteiger partial charge in [-0.3, -0.25) is 0 Å². The fourth-order valence-electron chi connectivity index (χ4n) is 1.55. The van der Waals surface area contributed by atoms with Gasteiger partial charge in [0.05, 0.1) is 15.4 Å². The molecule has 0 heterocycles. The molecule has 1 unspecified atom stereocenters. The SMILES string of the molecule is CCCCCCCC(CCO)S(=O)(=O)[O-].[Na+]. The summed E-state index contributed by atoms with van der Waals surface area (Å²) in [5, 5.41) is 7.74. The van der Waals surface area contributed by atoms with Gasteiger partial charge in [0.1, 0.15) is 0 Å². The topological polar surface area (TPSA) is 77.4 Å². The zero-order valence-electron chi connectivity index (χ0n) is 10.3. The van der Waals surface area contributed by atoms with Crippen molar-refractivity contribution in [2.75, 3.05) is 6.61 Å². The molecule has 4 nitrogen and oxygen atoms in total. The van der Waals surface area contributed by atoms with Crippen LogP contribution in [0.4, 0.5) is 0 Å². The van der Waals surface area contributed by atoms with Crippen molar-refractivity contribution in [3.63, 3.8) is 0 Å². The van der Waals surface area contributed by atoms with E-state index in [1.807, 2.05) is 0 Å². The van der Waals surface area contributed by atoms with E-state index in [4.69, 9.17) is 5.11 Å². The third-order valence-electron chi connectivity index (χ3n) is 2.49. The number of rotatable bonds is 9. The van der Waals surface area contributed by atoms with Crippen LogP contribution < -0.4 is 29.6 Å². The van der Waals surface area contributed by atoms with Crippen molar-refractivity contribution >= 4 is 10.1 Å². The minimum absolute atomic E-state index is 0. The summed E-state index contributed by atoms with van der Waals surface area (Å²) in [7, 11) is -4.23. The normalized spacial score (nSPS) is 13.2. The molecule has 0 fully saturated rings. The van der Waals surface area contributed by atoms with Gasteiger partial charge in [0.25, 0.3) is 0 Å². The molecule has 0 aromatic carbocycles. The maximum absolute atomic E-state index is 10.8. The second-order valence-corrected chi connectivity index (χ2v) is 5.48. The number of aliphatic hydroxyl groups is 1. The summed E-state index contributed by atoms with van der Waals surface area (Å²) in [5.74, 6) is 0. The minimum Gasteiger partial charge on any atom is -0.748 e. The molecule has 0 bridgehead atoms. The van der Waals surface area contributed by atoms with Crippen molar-refractivity contribution in [1.82, 2.24) is 0 Å². The van der Waals surface area contributed by atoms with Crippen molar-refractivity contribution in [2.45, 2.75) is 57.1 Å². The van der Waals surface area contributed by atoms with Gasteiger partial charge in [-0.05, 0) is 12.8 Å². The minimum atomic E-state index is -4.23. The monoisotopic (exact) mass is 260 g/mol. The molecule has 0 aliphatic carbocycles. The Hall–Kier alpha value is 0.870. The Morgan fingerprint density at radius 1 is 1.12 bits per heavy atom. The van der Waals surface area contributed by atoms with Crippen molar-refractivity contribution < 1.29 is 47.6 Å². The molecule has 0 rings (SSSR count). The first-order valence-corrected chi connectivity index (χ1v) is 7.05. The fourth-order valence-corrected chi connectivity index (χ4v) is 2.40. The molecular formula is C10H21NaO4S. The van der Waals surface area contributed by atoms with Gasteiger partial charge in [-0.2, -0.15) is 0 Å². The van der Waals surface area contributed by atoms with Gasteiger partial charge < -0.3 is 9.66 Å². The van der Waals surface area contributed by atoms with Crippen LogP contribution in [0.25, 0.3) is 0 Å². The van der Waals surface area contributed by atoms with E-state index >= 15 is 0 Å². The molecule has 1 atom stereocenters. The largest absolute Gasteiger partial charge is 1.00 e. The molecule has 0 aromatic heterocycles. The Kier molecular flexibility index (Phi) is 13.2. The fraction of sp³-hybridized carbons (Fsp3) is 1.00. The summed E-state index contributed by atoms with van der Waals surface area (Å²) in [6.45, 7) is 1.87. The van der Waals surface area contributed by atoms with Crippen molar-refractivity contribution in [1.29, 1.82) is 0 Å². The Balaban J connectivity index is 0. The van der Waals surface area contributed by atoms with Crippen LogP contribution in [-0.4, -0.2) is 29.9 Å². The number of aliphatic hydroxyl groups excluding tert-OH is 1. The van der Waals surface area contributed by atoms with Crippen LogP contribution in [0.15, 0.2) is 0 Å². The van der Waals surface area contributed by atoms with Crippen molar-refractivity contribution in [2.24, 2.45) is 0 Å². The van der Waals surface area contributed by atoms with E-state index in [1.54, 1.807) is 0 Å². The van der Waals surface area contributed by atoms with E-state index in [9.17, 15) is 13.0 Å². The Morgan fingerprint density at radius 3 is 2.12 bits per heavy atom. The van der Waals surface area contributed by atoms with E-state index < -0.39 is 15.4 Å². The summed E-state index contributed by atoms with van der Waals surface area (Å²) in [5.41, 5.74) is 0. The third-order valence-corrected chi connectivity index (χ3v) is 3.78. The summed E-state index contributed by atoms with van der Waals surface area (Å²) in [6, 6.07) is 0. The van der Waals surface area contributed by atoms with Gasteiger partial charge >= 0.3 is 29.6 Å². The van der Waals surface area contributed by atoms with Gasteiger partial charge in [0.2, 0.25) is 0 Å². The molecule has 0 aromatic rings. The van der Waals surface area contributed by atoms with Gasteiger partial charge in [-0.25, -0.2) is 8.42 Å². The van der Waals surface area contributed by atoms with Gasteiger partial charge in [0, 0.05) is 6.61 Å². The Morgan fingerprint density at radius 2 is 1.69 bits per heavy atom. The van der Waals surface area contributed by atoms with Crippen molar-refractivity contribution in [3.8, 4) is 0 Å². The summed E-state index contributed by atoms with van der Waals surface area (Å²) in [4.78, 5) is 0. The molecule has 0 aliphatic heterocycles. The van der Waals surface area contributed by atoms with Crippen molar-refractivity contribution in [3.05, 3.63) is 0 Å². The quantitative estimate of drug-likeness (QED) is 0.316. The molecule has 16 heavy (non-hydrogen) atoms. The molecule has 0 radical (unpaired) electrons. The number of hydrogen-bond acceptors (Lipinski definition) is 4. The van der Waals surface area contributed by atoms with Crippen LogP contribution >= 0.6 is 0 Å². The first kappa shape index (κ1) is 19.2. The molecule has 0 amide bonds.